The number of ether oxygens (including phenoxy) is 1. The van der Waals surface area contributed by atoms with Gasteiger partial charge in [0.05, 0.1) is 13.2 Å². The Morgan fingerprint density at radius 1 is 1.17 bits per heavy atom. The molecule has 1 atom stereocenters. The SMILES string of the molecule is COc1ccc(CN2CCNC(c3c(-c4ccccc4)c(C)cn3C)C2)cc1F. The third-order valence-electron chi connectivity index (χ3n) is 5.69. The van der Waals surface area contributed by atoms with Crippen molar-refractivity contribution in [2.45, 2.75) is 19.5 Å². The van der Waals surface area contributed by atoms with E-state index in [9.17, 15) is 4.39 Å². The molecule has 29 heavy (non-hydrogen) atoms. The second kappa shape index (κ2) is 8.39. The summed E-state index contributed by atoms with van der Waals surface area (Å²) in [6, 6.07) is 16.0. The van der Waals surface area contributed by atoms with Crippen LogP contribution in [0.4, 0.5) is 4.39 Å². The molecule has 1 fully saturated rings. The molecule has 1 saturated heterocycles. The van der Waals surface area contributed by atoms with Crippen LogP contribution >= 0.6 is 0 Å². The van der Waals surface area contributed by atoms with Crippen molar-refractivity contribution < 1.29 is 9.13 Å². The highest BCUT2D eigenvalue weighted by atomic mass is 19.1. The van der Waals surface area contributed by atoms with E-state index >= 15 is 0 Å². The highest BCUT2D eigenvalue weighted by Gasteiger charge is 2.27. The van der Waals surface area contributed by atoms with E-state index in [4.69, 9.17) is 4.74 Å². The minimum absolute atomic E-state index is 0.223. The summed E-state index contributed by atoms with van der Waals surface area (Å²) in [7, 11) is 3.61. The molecule has 0 spiro atoms. The maximum Gasteiger partial charge on any atom is 0.165 e. The summed E-state index contributed by atoms with van der Waals surface area (Å²) in [5.74, 6) is -0.0140. The molecule has 4 nitrogen and oxygen atoms in total. The van der Waals surface area contributed by atoms with Crippen LogP contribution in [0.3, 0.4) is 0 Å². The number of hydrogen-bond donors (Lipinski definition) is 1. The zero-order chi connectivity index (χ0) is 20.4. The van der Waals surface area contributed by atoms with E-state index in [1.807, 2.05) is 6.07 Å². The molecule has 0 radical (unpaired) electrons. The van der Waals surface area contributed by atoms with Gasteiger partial charge in [-0.25, -0.2) is 4.39 Å². The monoisotopic (exact) mass is 393 g/mol. The Labute approximate surface area is 171 Å². The summed E-state index contributed by atoms with van der Waals surface area (Å²) in [4.78, 5) is 2.39. The second-order valence-electron chi connectivity index (χ2n) is 7.76. The summed E-state index contributed by atoms with van der Waals surface area (Å²) in [6.45, 7) is 5.62. The topological polar surface area (TPSA) is 29.4 Å². The van der Waals surface area contributed by atoms with Gasteiger partial charge < -0.3 is 14.6 Å². The van der Waals surface area contributed by atoms with Crippen LogP contribution in [0.5, 0.6) is 5.75 Å². The maximum absolute atomic E-state index is 14.1. The third kappa shape index (κ3) is 4.07. The molecule has 0 aliphatic carbocycles. The fraction of sp³-hybridized carbons (Fsp3) is 0.333. The number of aromatic nitrogens is 1. The molecule has 1 N–H and O–H groups in total. The lowest BCUT2D eigenvalue weighted by molar-refractivity contribution is 0.190. The van der Waals surface area contributed by atoms with Gasteiger partial charge in [-0.1, -0.05) is 36.4 Å². The Kier molecular flexibility index (Phi) is 5.69. The molecule has 0 saturated carbocycles. The van der Waals surface area contributed by atoms with Crippen LogP contribution in [0, 0.1) is 12.7 Å². The van der Waals surface area contributed by atoms with Crippen LogP contribution in [0.2, 0.25) is 0 Å². The number of rotatable bonds is 5. The Hall–Kier alpha value is -2.63. The molecule has 4 rings (SSSR count). The van der Waals surface area contributed by atoms with E-state index in [2.05, 4.69) is 65.3 Å². The largest absolute Gasteiger partial charge is 0.494 e. The van der Waals surface area contributed by atoms with Crippen molar-refractivity contribution in [3.05, 3.63) is 77.4 Å². The lowest BCUT2D eigenvalue weighted by Crippen LogP contribution is -2.46. The van der Waals surface area contributed by atoms with Gasteiger partial charge in [0.2, 0.25) is 0 Å². The number of aryl methyl sites for hydroxylation is 2. The van der Waals surface area contributed by atoms with Gasteiger partial charge in [-0.2, -0.15) is 0 Å². The van der Waals surface area contributed by atoms with Gasteiger partial charge in [0, 0.05) is 50.7 Å². The van der Waals surface area contributed by atoms with E-state index in [0.717, 1.165) is 31.7 Å². The van der Waals surface area contributed by atoms with Crippen LogP contribution < -0.4 is 10.1 Å². The van der Waals surface area contributed by atoms with Crippen molar-refractivity contribution in [2.24, 2.45) is 7.05 Å². The molecule has 5 heteroatoms. The van der Waals surface area contributed by atoms with Crippen LogP contribution in [-0.4, -0.2) is 36.2 Å². The molecule has 2 aromatic carbocycles. The zero-order valence-electron chi connectivity index (χ0n) is 17.3. The van der Waals surface area contributed by atoms with Crippen LogP contribution in [-0.2, 0) is 13.6 Å². The molecular formula is C24H28FN3O. The first-order valence-electron chi connectivity index (χ1n) is 10.1. The van der Waals surface area contributed by atoms with Gasteiger partial charge in [0.15, 0.2) is 11.6 Å². The smallest absolute Gasteiger partial charge is 0.165 e. The molecule has 2 heterocycles. The van der Waals surface area contributed by atoms with E-state index in [0.29, 0.717) is 5.75 Å². The molecule has 1 aliphatic heterocycles. The summed E-state index contributed by atoms with van der Waals surface area (Å²) in [5.41, 5.74) is 6.11. The molecule has 0 amide bonds. The molecule has 3 aromatic rings. The van der Waals surface area contributed by atoms with Gasteiger partial charge >= 0.3 is 0 Å². The van der Waals surface area contributed by atoms with Crippen molar-refractivity contribution in [1.82, 2.24) is 14.8 Å². The van der Waals surface area contributed by atoms with Crippen molar-refractivity contribution in [2.75, 3.05) is 26.7 Å². The maximum atomic E-state index is 14.1. The number of nitrogens with one attached hydrogen (secondary N) is 1. The number of benzene rings is 2. The fourth-order valence-corrected chi connectivity index (χ4v) is 4.41. The van der Waals surface area contributed by atoms with Crippen LogP contribution in [0.25, 0.3) is 11.1 Å². The van der Waals surface area contributed by atoms with E-state index < -0.39 is 0 Å². The first-order valence-corrected chi connectivity index (χ1v) is 10.1. The third-order valence-corrected chi connectivity index (χ3v) is 5.69. The Morgan fingerprint density at radius 2 is 1.97 bits per heavy atom. The summed E-state index contributed by atoms with van der Waals surface area (Å²) in [6.07, 6.45) is 2.21. The van der Waals surface area contributed by atoms with Crippen molar-refractivity contribution >= 4 is 0 Å². The van der Waals surface area contributed by atoms with Crippen molar-refractivity contribution in [1.29, 1.82) is 0 Å². The Bertz CT molecular complexity index is 983. The lowest BCUT2D eigenvalue weighted by atomic mass is 9.97. The summed E-state index contributed by atoms with van der Waals surface area (Å²) in [5, 5.41) is 3.69. The minimum Gasteiger partial charge on any atom is -0.494 e. The van der Waals surface area contributed by atoms with Gasteiger partial charge in [-0.15, -0.1) is 0 Å². The van der Waals surface area contributed by atoms with E-state index in [1.165, 1.54) is 29.5 Å². The number of hydrogen-bond acceptors (Lipinski definition) is 3. The second-order valence-corrected chi connectivity index (χ2v) is 7.76. The van der Waals surface area contributed by atoms with E-state index in [1.54, 1.807) is 12.1 Å². The Balaban J connectivity index is 1.57. The van der Waals surface area contributed by atoms with Crippen LogP contribution in [0.15, 0.2) is 54.7 Å². The number of piperazine rings is 1. The lowest BCUT2D eigenvalue weighted by Gasteiger charge is -2.34. The summed E-state index contributed by atoms with van der Waals surface area (Å²) < 4.78 is 21.4. The first kappa shape index (κ1) is 19.7. The average Bonchev–Trinajstić information content (AvgIpc) is 3.03. The normalized spacial score (nSPS) is 17.4. The van der Waals surface area contributed by atoms with Gasteiger partial charge in [0.25, 0.3) is 0 Å². The highest BCUT2D eigenvalue weighted by molar-refractivity contribution is 5.71. The molecule has 1 aliphatic rings. The number of nitrogens with zero attached hydrogens (tertiary/aromatic N) is 2. The Morgan fingerprint density at radius 3 is 2.69 bits per heavy atom. The first-order chi connectivity index (χ1) is 14.1. The predicted octanol–water partition coefficient (Wildman–Crippen LogP) is 4.29. The van der Waals surface area contributed by atoms with E-state index in [-0.39, 0.29) is 11.9 Å². The number of halogens is 1. The standard InChI is InChI=1S/C24H28FN3O/c1-17-14-27(2)24(23(17)19-7-5-4-6-8-19)21-16-28(12-11-26-21)15-18-9-10-22(29-3)20(25)13-18/h4-10,13-14,21,26H,11-12,15-16H2,1-3H3. The zero-order valence-corrected chi connectivity index (χ0v) is 17.3. The predicted molar refractivity (Wildman–Crippen MR) is 115 cm³/mol. The van der Waals surface area contributed by atoms with Crippen molar-refractivity contribution in [3.63, 3.8) is 0 Å². The highest BCUT2D eigenvalue weighted by Crippen LogP contribution is 2.34. The molecular weight excluding hydrogens is 365 g/mol. The average molecular weight is 394 g/mol. The molecule has 0 bridgehead atoms. The van der Waals surface area contributed by atoms with Crippen molar-refractivity contribution in [3.8, 4) is 16.9 Å². The molecule has 1 aromatic heterocycles. The molecule has 1 unspecified atom stereocenters. The number of methoxy groups -OCH3 is 1. The fourth-order valence-electron chi connectivity index (χ4n) is 4.41. The van der Waals surface area contributed by atoms with Gasteiger partial charge in [0.1, 0.15) is 0 Å². The van der Waals surface area contributed by atoms with Gasteiger partial charge in [-0.05, 0) is 35.7 Å². The quantitative estimate of drug-likeness (QED) is 0.701. The van der Waals surface area contributed by atoms with Gasteiger partial charge in [-0.3, -0.25) is 4.90 Å². The van der Waals surface area contributed by atoms with Crippen LogP contribution in [0.1, 0.15) is 22.9 Å². The minimum atomic E-state index is -0.305. The summed E-state index contributed by atoms with van der Waals surface area (Å²) >= 11 is 0. The molecule has 152 valence electrons.